The van der Waals surface area contributed by atoms with Gasteiger partial charge in [0.15, 0.2) is 5.17 Å². The van der Waals surface area contributed by atoms with Gasteiger partial charge in [0.2, 0.25) is 5.91 Å². The Kier molecular flexibility index (Phi) is 5.91. The number of anilines is 1. The lowest BCUT2D eigenvalue weighted by atomic mass is 10.2. The van der Waals surface area contributed by atoms with E-state index in [9.17, 15) is 9.18 Å². The summed E-state index contributed by atoms with van der Waals surface area (Å²) in [6.45, 7) is 2.19. The van der Waals surface area contributed by atoms with Gasteiger partial charge in [-0.1, -0.05) is 36.0 Å². The van der Waals surface area contributed by atoms with E-state index in [-0.39, 0.29) is 17.0 Å². The van der Waals surface area contributed by atoms with Gasteiger partial charge in [-0.15, -0.1) is 5.10 Å². The number of carbonyl (C=O) groups is 1. The van der Waals surface area contributed by atoms with E-state index in [1.165, 1.54) is 23.9 Å². The molecule has 7 heteroatoms. The minimum Gasteiger partial charge on any atom is -0.378 e. The van der Waals surface area contributed by atoms with Crippen LogP contribution in [0.4, 0.5) is 10.1 Å². The van der Waals surface area contributed by atoms with Gasteiger partial charge in [0.25, 0.3) is 0 Å². The third-order valence-electron chi connectivity index (χ3n) is 4.14. The van der Waals surface area contributed by atoms with Crippen molar-refractivity contribution in [1.29, 1.82) is 0 Å². The molecule has 1 heterocycles. The van der Waals surface area contributed by atoms with Gasteiger partial charge in [0, 0.05) is 19.8 Å². The molecule has 2 aromatic rings. The monoisotopic (exact) mass is 384 g/mol. The highest BCUT2D eigenvalue weighted by Crippen LogP contribution is 2.28. The molecule has 0 N–H and O–H groups in total. The lowest BCUT2D eigenvalue weighted by Gasteiger charge is -2.15. The second-order valence-electron chi connectivity index (χ2n) is 6.42. The third-order valence-corrected chi connectivity index (χ3v) is 5.21. The number of rotatable bonds is 5. The highest BCUT2D eigenvalue weighted by Gasteiger charge is 2.35. The molecule has 0 spiro atoms. The number of amidine groups is 1. The fourth-order valence-electron chi connectivity index (χ4n) is 2.58. The first-order valence-electron chi connectivity index (χ1n) is 8.55. The molecule has 0 aromatic heterocycles. The van der Waals surface area contributed by atoms with Crippen LogP contribution in [0, 0.1) is 5.82 Å². The molecule has 1 amide bonds. The summed E-state index contributed by atoms with van der Waals surface area (Å²) < 4.78 is 13.1. The van der Waals surface area contributed by atoms with E-state index in [0.717, 1.165) is 16.8 Å². The zero-order valence-electron chi connectivity index (χ0n) is 15.5. The molecule has 1 aliphatic heterocycles. The molecule has 1 atom stereocenters. The summed E-state index contributed by atoms with van der Waals surface area (Å²) in [5.41, 5.74) is 2.88. The summed E-state index contributed by atoms with van der Waals surface area (Å²) in [7, 11) is 3.97. The third kappa shape index (κ3) is 4.74. The fourth-order valence-corrected chi connectivity index (χ4v) is 3.51. The molecule has 2 aromatic carbocycles. The number of halogens is 1. The molecule has 0 radical (unpaired) electrons. The SMILES string of the molecule is CC1SC(=NN=Cc2ccc(N(C)C)cc2)N(Cc2ccc(F)cc2)C1=O. The number of hydrogen-bond donors (Lipinski definition) is 0. The van der Waals surface area contributed by atoms with Gasteiger partial charge in [-0.25, -0.2) is 4.39 Å². The number of nitrogens with zero attached hydrogens (tertiary/aromatic N) is 4. The Balaban J connectivity index is 1.74. The zero-order valence-corrected chi connectivity index (χ0v) is 16.3. The Morgan fingerprint density at radius 2 is 1.81 bits per heavy atom. The first-order chi connectivity index (χ1) is 12.9. The number of benzene rings is 2. The number of hydrogen-bond acceptors (Lipinski definition) is 5. The first kappa shape index (κ1) is 19.1. The largest absolute Gasteiger partial charge is 0.378 e. The highest BCUT2D eigenvalue weighted by atomic mass is 32.2. The molecule has 140 valence electrons. The van der Waals surface area contributed by atoms with E-state index in [2.05, 4.69) is 10.2 Å². The number of amides is 1. The van der Waals surface area contributed by atoms with Crippen molar-refractivity contribution >= 4 is 34.7 Å². The minimum atomic E-state index is -0.298. The van der Waals surface area contributed by atoms with Crippen molar-refractivity contribution in [3.63, 3.8) is 0 Å². The summed E-state index contributed by atoms with van der Waals surface area (Å²) in [6.07, 6.45) is 1.66. The molecule has 1 unspecified atom stereocenters. The zero-order chi connectivity index (χ0) is 19.4. The maximum atomic E-state index is 13.1. The van der Waals surface area contributed by atoms with Crippen molar-refractivity contribution in [3.8, 4) is 0 Å². The molecule has 1 aliphatic rings. The van der Waals surface area contributed by atoms with Gasteiger partial charge >= 0.3 is 0 Å². The van der Waals surface area contributed by atoms with E-state index in [1.807, 2.05) is 50.2 Å². The summed E-state index contributed by atoms with van der Waals surface area (Å²) in [6, 6.07) is 14.1. The fraction of sp³-hybridized carbons (Fsp3) is 0.250. The lowest BCUT2D eigenvalue weighted by Crippen LogP contribution is -2.30. The van der Waals surface area contributed by atoms with Gasteiger partial charge in [-0.05, 0) is 42.3 Å². The molecular weight excluding hydrogens is 363 g/mol. The van der Waals surface area contributed by atoms with Crippen LogP contribution in [0.3, 0.4) is 0 Å². The Morgan fingerprint density at radius 1 is 1.15 bits per heavy atom. The summed E-state index contributed by atoms with van der Waals surface area (Å²) in [5, 5.41) is 8.73. The van der Waals surface area contributed by atoms with Crippen LogP contribution in [-0.2, 0) is 11.3 Å². The molecule has 3 rings (SSSR count). The molecule has 27 heavy (non-hydrogen) atoms. The number of carbonyl (C=O) groups excluding carboxylic acids is 1. The van der Waals surface area contributed by atoms with E-state index in [4.69, 9.17) is 0 Å². The van der Waals surface area contributed by atoms with Crippen molar-refractivity contribution in [2.45, 2.75) is 18.7 Å². The predicted octanol–water partition coefficient (Wildman–Crippen LogP) is 3.75. The highest BCUT2D eigenvalue weighted by molar-refractivity contribution is 8.15. The van der Waals surface area contributed by atoms with Crippen molar-refractivity contribution < 1.29 is 9.18 Å². The second-order valence-corrected chi connectivity index (χ2v) is 7.73. The quantitative estimate of drug-likeness (QED) is 0.583. The minimum absolute atomic E-state index is 0.0198. The van der Waals surface area contributed by atoms with Crippen molar-refractivity contribution in [2.24, 2.45) is 10.2 Å². The van der Waals surface area contributed by atoms with E-state index in [0.29, 0.717) is 11.7 Å². The van der Waals surface area contributed by atoms with Crippen LogP contribution in [-0.4, -0.2) is 41.5 Å². The Labute approximate surface area is 162 Å². The van der Waals surface area contributed by atoms with E-state index in [1.54, 1.807) is 23.2 Å². The van der Waals surface area contributed by atoms with Crippen LogP contribution in [0.5, 0.6) is 0 Å². The maximum absolute atomic E-state index is 13.1. The molecule has 0 saturated carbocycles. The van der Waals surface area contributed by atoms with Gasteiger partial charge in [-0.2, -0.15) is 5.10 Å². The Hall–Kier alpha value is -2.67. The van der Waals surface area contributed by atoms with Crippen LogP contribution in [0.1, 0.15) is 18.1 Å². The van der Waals surface area contributed by atoms with Gasteiger partial charge in [0.05, 0.1) is 18.0 Å². The van der Waals surface area contributed by atoms with Crippen LogP contribution in [0.2, 0.25) is 0 Å². The molecular formula is C20H21FN4OS. The standard InChI is InChI=1S/C20H21FN4OS/c1-14-19(26)25(13-16-4-8-17(21)9-5-16)20(27-14)23-22-12-15-6-10-18(11-7-15)24(2)3/h4-12,14H,13H2,1-3H3. The van der Waals surface area contributed by atoms with Gasteiger partial charge in [-0.3, -0.25) is 9.69 Å². The smallest absolute Gasteiger partial charge is 0.242 e. The molecule has 1 saturated heterocycles. The second kappa shape index (κ2) is 8.35. The normalized spacial score (nSPS) is 18.7. The first-order valence-corrected chi connectivity index (χ1v) is 9.43. The summed E-state index contributed by atoms with van der Waals surface area (Å²) in [4.78, 5) is 16.0. The van der Waals surface area contributed by atoms with Crippen molar-refractivity contribution in [3.05, 3.63) is 65.5 Å². The Bertz CT molecular complexity index is 863. The molecule has 0 aliphatic carbocycles. The van der Waals surface area contributed by atoms with Crippen molar-refractivity contribution in [2.75, 3.05) is 19.0 Å². The lowest BCUT2D eigenvalue weighted by molar-refractivity contribution is -0.126. The van der Waals surface area contributed by atoms with Crippen molar-refractivity contribution in [1.82, 2.24) is 4.90 Å². The van der Waals surface area contributed by atoms with Crippen LogP contribution < -0.4 is 4.90 Å². The van der Waals surface area contributed by atoms with Crippen LogP contribution in [0.25, 0.3) is 0 Å². The Morgan fingerprint density at radius 3 is 2.44 bits per heavy atom. The number of thioether (sulfide) groups is 1. The average Bonchev–Trinajstić information content (AvgIpc) is 2.91. The molecule has 0 bridgehead atoms. The van der Waals surface area contributed by atoms with Gasteiger partial charge < -0.3 is 4.90 Å². The predicted molar refractivity (Wildman–Crippen MR) is 110 cm³/mol. The van der Waals surface area contributed by atoms with Crippen LogP contribution >= 0.6 is 11.8 Å². The van der Waals surface area contributed by atoms with E-state index >= 15 is 0 Å². The average molecular weight is 384 g/mol. The molecule has 1 fully saturated rings. The van der Waals surface area contributed by atoms with Gasteiger partial charge in [0.1, 0.15) is 5.82 Å². The summed E-state index contributed by atoms with van der Waals surface area (Å²) in [5.74, 6) is -0.318. The molecule has 5 nitrogen and oxygen atoms in total. The van der Waals surface area contributed by atoms with E-state index < -0.39 is 0 Å². The maximum Gasteiger partial charge on any atom is 0.242 e. The summed E-state index contributed by atoms with van der Waals surface area (Å²) >= 11 is 1.38. The van der Waals surface area contributed by atoms with Crippen LogP contribution in [0.15, 0.2) is 58.7 Å². The topological polar surface area (TPSA) is 48.3 Å².